The lowest BCUT2D eigenvalue weighted by molar-refractivity contribution is -0.422. The normalized spacial score (nSPS) is 9.75. The molecule has 12 nitrogen and oxygen atoms in total. The predicted molar refractivity (Wildman–Crippen MR) is 81.0 cm³/mol. The third-order valence-corrected chi connectivity index (χ3v) is 2.53. The standard InChI is InChI=1S/C12H14N4O8/c1-3-23-11(17)13-7-5-9(15(19)20)10(16(21)22)6-8(7)14-12(18)24-4-2/h5-6H,3-4H2,1-2H3,(H,13,17)(H,14,18). The Hall–Kier alpha value is -3.44. The summed E-state index contributed by atoms with van der Waals surface area (Å²) in [5, 5.41) is 26.3. The first-order chi connectivity index (χ1) is 11.3. The summed E-state index contributed by atoms with van der Waals surface area (Å²) in [5.41, 5.74) is -2.22. The molecule has 0 spiro atoms. The molecule has 0 aliphatic carbocycles. The van der Waals surface area contributed by atoms with E-state index in [1.165, 1.54) is 13.8 Å². The zero-order valence-corrected chi connectivity index (χ0v) is 12.7. The van der Waals surface area contributed by atoms with Crippen LogP contribution in [0.4, 0.5) is 32.3 Å². The van der Waals surface area contributed by atoms with Crippen LogP contribution in [-0.2, 0) is 9.47 Å². The van der Waals surface area contributed by atoms with Crippen LogP contribution >= 0.6 is 0 Å². The fourth-order valence-corrected chi connectivity index (χ4v) is 1.63. The summed E-state index contributed by atoms with van der Waals surface area (Å²) >= 11 is 0. The van der Waals surface area contributed by atoms with Crippen LogP contribution in [0.1, 0.15) is 13.8 Å². The molecule has 2 amide bonds. The van der Waals surface area contributed by atoms with E-state index in [1.807, 2.05) is 0 Å². The van der Waals surface area contributed by atoms with Crippen molar-refractivity contribution in [1.82, 2.24) is 0 Å². The Morgan fingerprint density at radius 1 is 0.917 bits per heavy atom. The first-order valence-electron chi connectivity index (χ1n) is 6.64. The average molecular weight is 342 g/mol. The van der Waals surface area contributed by atoms with Gasteiger partial charge >= 0.3 is 23.6 Å². The van der Waals surface area contributed by atoms with Gasteiger partial charge in [0.1, 0.15) is 0 Å². The van der Waals surface area contributed by atoms with Crippen molar-refractivity contribution in [2.24, 2.45) is 0 Å². The van der Waals surface area contributed by atoms with Crippen LogP contribution in [0.15, 0.2) is 12.1 Å². The van der Waals surface area contributed by atoms with Gasteiger partial charge in [0, 0.05) is 12.1 Å². The van der Waals surface area contributed by atoms with Gasteiger partial charge in [0.05, 0.1) is 34.4 Å². The highest BCUT2D eigenvalue weighted by atomic mass is 16.6. The molecule has 0 atom stereocenters. The van der Waals surface area contributed by atoms with Gasteiger partial charge in [-0.3, -0.25) is 30.9 Å². The van der Waals surface area contributed by atoms with Crippen molar-refractivity contribution in [2.75, 3.05) is 23.8 Å². The summed E-state index contributed by atoms with van der Waals surface area (Å²) in [6.07, 6.45) is -1.90. The van der Waals surface area contributed by atoms with Crippen LogP contribution in [0.25, 0.3) is 0 Å². The Balaban J connectivity index is 3.36. The van der Waals surface area contributed by atoms with Crippen molar-refractivity contribution in [2.45, 2.75) is 13.8 Å². The SMILES string of the molecule is CCOC(=O)Nc1cc([N+](=O)[O-])c([N+](=O)[O-])cc1NC(=O)OCC. The summed E-state index contributed by atoms with van der Waals surface area (Å²) in [7, 11) is 0. The molecule has 0 saturated heterocycles. The highest BCUT2D eigenvalue weighted by Gasteiger charge is 2.28. The van der Waals surface area contributed by atoms with Gasteiger partial charge in [-0.15, -0.1) is 0 Å². The zero-order valence-electron chi connectivity index (χ0n) is 12.7. The third-order valence-electron chi connectivity index (χ3n) is 2.53. The van der Waals surface area contributed by atoms with Gasteiger partial charge in [-0.05, 0) is 13.8 Å². The van der Waals surface area contributed by atoms with Gasteiger partial charge in [-0.1, -0.05) is 0 Å². The highest BCUT2D eigenvalue weighted by Crippen LogP contribution is 2.36. The number of nitro benzene ring substituents is 2. The molecular formula is C12H14N4O8. The Kier molecular flexibility index (Phi) is 6.40. The molecule has 0 aliphatic heterocycles. The Bertz CT molecular complexity index is 618. The number of nitro groups is 2. The van der Waals surface area contributed by atoms with E-state index in [1.54, 1.807) is 0 Å². The van der Waals surface area contributed by atoms with Crippen molar-refractivity contribution in [3.8, 4) is 0 Å². The number of anilines is 2. The van der Waals surface area contributed by atoms with Crippen LogP contribution in [0.5, 0.6) is 0 Å². The first-order valence-corrected chi connectivity index (χ1v) is 6.64. The molecule has 0 bridgehead atoms. The number of carbonyl (C=O) groups excluding carboxylic acids is 2. The molecule has 24 heavy (non-hydrogen) atoms. The average Bonchev–Trinajstić information content (AvgIpc) is 2.48. The Morgan fingerprint density at radius 3 is 1.50 bits per heavy atom. The smallest absolute Gasteiger partial charge is 0.411 e. The second-order valence-electron chi connectivity index (χ2n) is 4.09. The predicted octanol–water partition coefficient (Wildman–Crippen LogP) is 2.64. The molecule has 0 saturated carbocycles. The van der Waals surface area contributed by atoms with Gasteiger partial charge in [0.25, 0.3) is 0 Å². The molecule has 0 radical (unpaired) electrons. The number of benzene rings is 1. The van der Waals surface area contributed by atoms with Crippen LogP contribution in [0.2, 0.25) is 0 Å². The number of hydrogen-bond donors (Lipinski definition) is 2. The molecule has 0 fully saturated rings. The molecule has 130 valence electrons. The van der Waals surface area contributed by atoms with Crippen LogP contribution in [0.3, 0.4) is 0 Å². The Morgan fingerprint density at radius 2 is 1.25 bits per heavy atom. The van der Waals surface area contributed by atoms with Crippen LogP contribution in [0, 0.1) is 20.2 Å². The van der Waals surface area contributed by atoms with Crippen molar-refractivity contribution in [3.05, 3.63) is 32.4 Å². The van der Waals surface area contributed by atoms with Crippen molar-refractivity contribution >= 4 is 34.9 Å². The molecule has 0 aliphatic rings. The maximum atomic E-state index is 11.5. The van der Waals surface area contributed by atoms with E-state index < -0.39 is 33.4 Å². The van der Waals surface area contributed by atoms with Crippen LogP contribution in [-0.4, -0.2) is 35.2 Å². The minimum atomic E-state index is -0.984. The van der Waals surface area contributed by atoms with Gasteiger partial charge in [0.15, 0.2) is 0 Å². The molecule has 2 N–H and O–H groups in total. The summed E-state index contributed by atoms with van der Waals surface area (Å²) < 4.78 is 9.27. The lowest BCUT2D eigenvalue weighted by Gasteiger charge is -2.12. The Labute approximate surface area is 135 Å². The lowest BCUT2D eigenvalue weighted by Crippen LogP contribution is -2.18. The maximum Gasteiger partial charge on any atom is 0.411 e. The number of rotatable bonds is 6. The number of nitrogens with one attached hydrogen (secondary N) is 2. The fraction of sp³-hybridized carbons (Fsp3) is 0.333. The van der Waals surface area contributed by atoms with Crippen molar-refractivity contribution in [3.63, 3.8) is 0 Å². The van der Waals surface area contributed by atoms with Gasteiger partial charge in [-0.2, -0.15) is 0 Å². The van der Waals surface area contributed by atoms with E-state index in [9.17, 15) is 29.8 Å². The molecule has 1 aromatic rings. The number of nitrogens with zero attached hydrogens (tertiary/aromatic N) is 2. The fourth-order valence-electron chi connectivity index (χ4n) is 1.63. The lowest BCUT2D eigenvalue weighted by atomic mass is 10.2. The zero-order chi connectivity index (χ0) is 18.3. The van der Waals surface area contributed by atoms with Crippen molar-refractivity contribution in [1.29, 1.82) is 0 Å². The van der Waals surface area contributed by atoms with Crippen LogP contribution < -0.4 is 10.6 Å². The quantitative estimate of drug-likeness (QED) is 0.588. The van der Waals surface area contributed by atoms with E-state index >= 15 is 0 Å². The summed E-state index contributed by atoms with van der Waals surface area (Å²) in [6, 6.07) is 1.49. The molecule has 0 unspecified atom stereocenters. The molecule has 1 rings (SSSR count). The number of ether oxygens (including phenoxy) is 2. The number of hydrogen-bond acceptors (Lipinski definition) is 8. The molecule has 0 heterocycles. The largest absolute Gasteiger partial charge is 0.450 e. The number of carbonyl (C=O) groups is 2. The molecular weight excluding hydrogens is 328 g/mol. The first kappa shape index (κ1) is 18.6. The van der Waals surface area contributed by atoms with Crippen molar-refractivity contribution < 1.29 is 28.9 Å². The van der Waals surface area contributed by atoms with E-state index in [4.69, 9.17) is 0 Å². The summed E-state index contributed by atoms with van der Waals surface area (Å²) in [5.74, 6) is 0. The molecule has 1 aromatic carbocycles. The van der Waals surface area contributed by atoms with Gasteiger partial charge < -0.3 is 9.47 Å². The maximum absolute atomic E-state index is 11.5. The molecule has 12 heteroatoms. The highest BCUT2D eigenvalue weighted by molar-refractivity contribution is 5.97. The monoisotopic (exact) mass is 342 g/mol. The molecule has 0 aromatic heterocycles. The van der Waals surface area contributed by atoms with E-state index in [-0.39, 0.29) is 24.6 Å². The minimum absolute atomic E-state index is 0.0293. The third kappa shape index (κ3) is 4.79. The summed E-state index contributed by atoms with van der Waals surface area (Å²) in [4.78, 5) is 43.0. The topological polar surface area (TPSA) is 163 Å². The number of amides is 2. The van der Waals surface area contributed by atoms with Gasteiger partial charge in [0.2, 0.25) is 0 Å². The minimum Gasteiger partial charge on any atom is -0.450 e. The second kappa shape index (κ2) is 8.26. The summed E-state index contributed by atoms with van der Waals surface area (Å²) in [6.45, 7) is 3.13. The van der Waals surface area contributed by atoms with E-state index in [0.29, 0.717) is 0 Å². The van der Waals surface area contributed by atoms with E-state index in [2.05, 4.69) is 20.1 Å². The van der Waals surface area contributed by atoms with Gasteiger partial charge in [-0.25, -0.2) is 9.59 Å². The second-order valence-corrected chi connectivity index (χ2v) is 4.09. The van der Waals surface area contributed by atoms with E-state index in [0.717, 1.165) is 12.1 Å².